The normalized spacial score (nSPS) is 14.9. The molecular formula is C50H81. The molecule has 0 amide bonds. The van der Waals surface area contributed by atoms with Gasteiger partial charge in [0.25, 0.3) is 0 Å². The molecule has 0 spiro atoms. The van der Waals surface area contributed by atoms with E-state index < -0.39 is 0 Å². The first-order valence-electron chi connectivity index (χ1n) is 20.2. The Kier molecular flexibility index (Phi) is 29.5. The number of rotatable bonds is 27. The summed E-state index contributed by atoms with van der Waals surface area (Å²) >= 11 is 0. The average Bonchev–Trinajstić information content (AvgIpc) is 3.04. The molecule has 0 saturated heterocycles. The van der Waals surface area contributed by atoms with E-state index in [2.05, 4.69) is 138 Å². The van der Waals surface area contributed by atoms with Gasteiger partial charge < -0.3 is 0 Å². The maximum absolute atomic E-state index is 3.85. The predicted molar refractivity (Wildman–Crippen MR) is 232 cm³/mol. The molecule has 0 aliphatic heterocycles. The molecule has 0 N–H and O–H groups in total. The van der Waals surface area contributed by atoms with E-state index in [0.29, 0.717) is 0 Å². The van der Waals surface area contributed by atoms with Crippen LogP contribution in [0, 0.1) is 6.92 Å². The van der Waals surface area contributed by atoms with Crippen LogP contribution in [-0.4, -0.2) is 0 Å². The van der Waals surface area contributed by atoms with Crippen LogP contribution >= 0.6 is 0 Å². The minimum absolute atomic E-state index is 1.13. The molecule has 0 atom stereocenters. The lowest BCUT2D eigenvalue weighted by Crippen LogP contribution is -1.84. The standard InChI is InChI=1S/C50H81/c1-13-42(4)24-15-26-44(6)28-17-30-46(8)32-19-34-48(10)36-21-38-50(12)40-22-39-49(11)37-20-35-47(9)33-18-31-45(7)29-16-27-43(5)25-14-23-41(2)3/h13,23,26-27,30-31,34-35,38-39H,1,14-22,24-25,28-29,32-33,36-37,40H2,2-12H3. The summed E-state index contributed by atoms with van der Waals surface area (Å²) in [6, 6.07) is 0. The lowest BCUT2D eigenvalue weighted by molar-refractivity contribution is 0.879. The summed E-state index contributed by atoms with van der Waals surface area (Å²) in [5, 5.41) is 0. The SMILES string of the molecule is [CH2]C=C(C)CCC=C(C)CCC=C(C)CCC=C(C)CCC=C(C)CCC=C(C)CCC=C(C)CCC=C(C)CCC=C(C)CCC=C(C)C. The van der Waals surface area contributed by atoms with Crippen LogP contribution in [0.1, 0.15) is 192 Å². The van der Waals surface area contributed by atoms with E-state index in [0.717, 1.165) is 44.9 Å². The zero-order valence-corrected chi connectivity index (χ0v) is 35.2. The molecular weight excluding hydrogens is 601 g/mol. The van der Waals surface area contributed by atoms with Gasteiger partial charge in [-0.25, -0.2) is 0 Å². The monoisotopic (exact) mass is 682 g/mol. The van der Waals surface area contributed by atoms with Crippen LogP contribution in [0.3, 0.4) is 0 Å². The highest BCUT2D eigenvalue weighted by molar-refractivity contribution is 5.11. The number of hydrogen-bond donors (Lipinski definition) is 0. The van der Waals surface area contributed by atoms with Crippen molar-refractivity contribution in [1.29, 1.82) is 0 Å². The van der Waals surface area contributed by atoms with E-state index in [4.69, 9.17) is 0 Å². The molecule has 0 bridgehead atoms. The van der Waals surface area contributed by atoms with Gasteiger partial charge in [-0.05, 0) is 199 Å². The third-order valence-corrected chi connectivity index (χ3v) is 9.69. The zero-order chi connectivity index (χ0) is 37.6. The maximum atomic E-state index is 3.85. The largest absolute Gasteiger partial charge is 0.0856 e. The minimum atomic E-state index is 1.13. The van der Waals surface area contributed by atoms with Crippen molar-refractivity contribution in [1.82, 2.24) is 0 Å². The highest BCUT2D eigenvalue weighted by Crippen LogP contribution is 2.18. The lowest BCUT2D eigenvalue weighted by atomic mass is 10.0. The first-order chi connectivity index (χ1) is 23.8. The van der Waals surface area contributed by atoms with Crippen molar-refractivity contribution >= 4 is 0 Å². The summed E-state index contributed by atoms with van der Waals surface area (Å²) in [7, 11) is 0. The Bertz CT molecular complexity index is 1230. The van der Waals surface area contributed by atoms with Gasteiger partial charge in [-0.3, -0.25) is 0 Å². The van der Waals surface area contributed by atoms with Crippen molar-refractivity contribution < 1.29 is 0 Å². The van der Waals surface area contributed by atoms with Crippen molar-refractivity contribution in [3.8, 4) is 0 Å². The van der Waals surface area contributed by atoms with E-state index in [9.17, 15) is 0 Å². The number of hydrogen-bond acceptors (Lipinski definition) is 0. The quantitative estimate of drug-likeness (QED) is 0.0757. The van der Waals surface area contributed by atoms with Crippen LogP contribution in [0.25, 0.3) is 0 Å². The lowest BCUT2D eigenvalue weighted by Gasteiger charge is -2.04. The summed E-state index contributed by atoms with van der Waals surface area (Å²) in [4.78, 5) is 0. The summed E-state index contributed by atoms with van der Waals surface area (Å²) in [5.74, 6) is 0. The highest BCUT2D eigenvalue weighted by atomic mass is 14.0. The molecule has 0 aromatic carbocycles. The van der Waals surface area contributed by atoms with E-state index in [1.807, 2.05) is 6.08 Å². The molecule has 0 aromatic heterocycles. The fraction of sp³-hybridized carbons (Fsp3) is 0.580. The molecule has 1 radical (unpaired) electrons. The molecule has 0 aliphatic carbocycles. The van der Waals surface area contributed by atoms with Gasteiger partial charge in [0, 0.05) is 0 Å². The Morgan fingerprint density at radius 3 is 0.580 bits per heavy atom. The summed E-state index contributed by atoms with van der Waals surface area (Å²) in [6.45, 7) is 28.7. The topological polar surface area (TPSA) is 0 Å². The molecule has 0 heteroatoms. The van der Waals surface area contributed by atoms with Crippen molar-refractivity contribution in [2.24, 2.45) is 0 Å². The molecule has 281 valence electrons. The van der Waals surface area contributed by atoms with E-state index in [1.165, 1.54) is 126 Å². The Labute approximate surface area is 314 Å². The zero-order valence-electron chi connectivity index (χ0n) is 35.2. The van der Waals surface area contributed by atoms with Gasteiger partial charge >= 0.3 is 0 Å². The third-order valence-electron chi connectivity index (χ3n) is 9.69. The van der Waals surface area contributed by atoms with E-state index >= 15 is 0 Å². The van der Waals surface area contributed by atoms with Gasteiger partial charge in [-0.2, -0.15) is 0 Å². The molecule has 0 nitrogen and oxygen atoms in total. The molecule has 50 heavy (non-hydrogen) atoms. The van der Waals surface area contributed by atoms with Gasteiger partial charge in [-0.1, -0.05) is 116 Å². The Balaban J connectivity index is 4.23. The van der Waals surface area contributed by atoms with Gasteiger partial charge in [0.15, 0.2) is 0 Å². The van der Waals surface area contributed by atoms with Crippen LogP contribution in [0.2, 0.25) is 0 Å². The minimum Gasteiger partial charge on any atom is -0.0856 e. The molecule has 0 heterocycles. The van der Waals surface area contributed by atoms with Gasteiger partial charge in [-0.15, -0.1) is 0 Å². The third kappa shape index (κ3) is 31.4. The molecule has 0 aliphatic rings. The first kappa shape index (κ1) is 47.4. The van der Waals surface area contributed by atoms with Crippen molar-refractivity contribution in [2.75, 3.05) is 0 Å². The van der Waals surface area contributed by atoms with Crippen molar-refractivity contribution in [3.05, 3.63) is 123 Å². The average molecular weight is 682 g/mol. The van der Waals surface area contributed by atoms with E-state index in [1.54, 1.807) is 0 Å². The van der Waals surface area contributed by atoms with Crippen molar-refractivity contribution in [2.45, 2.75) is 192 Å². The van der Waals surface area contributed by atoms with Crippen molar-refractivity contribution in [3.63, 3.8) is 0 Å². The molecule has 0 unspecified atom stereocenters. The van der Waals surface area contributed by atoms with Crippen LogP contribution in [0.4, 0.5) is 0 Å². The maximum Gasteiger partial charge on any atom is -0.0288 e. The fourth-order valence-electron chi connectivity index (χ4n) is 5.88. The highest BCUT2D eigenvalue weighted by Gasteiger charge is 1.97. The van der Waals surface area contributed by atoms with Crippen LogP contribution in [0.15, 0.2) is 116 Å². The summed E-state index contributed by atoms with van der Waals surface area (Å²) in [6.07, 6.45) is 44.9. The van der Waals surface area contributed by atoms with Gasteiger partial charge in [0.1, 0.15) is 0 Å². The molecule has 0 rings (SSSR count). The molecule has 0 saturated carbocycles. The second-order valence-corrected chi connectivity index (χ2v) is 15.6. The summed E-state index contributed by atoms with van der Waals surface area (Å²) < 4.78 is 0. The Morgan fingerprint density at radius 1 is 0.260 bits per heavy atom. The second-order valence-electron chi connectivity index (χ2n) is 15.6. The smallest absolute Gasteiger partial charge is 0.0288 e. The molecule has 0 fully saturated rings. The number of allylic oxidation sites excluding steroid dienone is 20. The first-order valence-corrected chi connectivity index (χ1v) is 20.2. The second kappa shape index (κ2) is 31.2. The van der Waals surface area contributed by atoms with E-state index in [-0.39, 0.29) is 0 Å². The fourth-order valence-corrected chi connectivity index (χ4v) is 5.88. The predicted octanol–water partition coefficient (Wildman–Crippen LogP) is 17.3. The molecule has 0 aromatic rings. The Hall–Kier alpha value is -2.60. The van der Waals surface area contributed by atoms with Gasteiger partial charge in [0.05, 0.1) is 0 Å². The summed E-state index contributed by atoms with van der Waals surface area (Å²) in [5.41, 5.74) is 15.0. The van der Waals surface area contributed by atoms with Crippen LogP contribution in [0.5, 0.6) is 0 Å². The van der Waals surface area contributed by atoms with Crippen LogP contribution < -0.4 is 0 Å². The Morgan fingerprint density at radius 2 is 0.420 bits per heavy atom. The van der Waals surface area contributed by atoms with Gasteiger partial charge in [0.2, 0.25) is 0 Å². The van der Waals surface area contributed by atoms with Crippen LogP contribution in [-0.2, 0) is 0 Å².